The number of hydrogen-bond acceptors (Lipinski definition) is 5. The molecule has 5 nitrogen and oxygen atoms in total. The topological polar surface area (TPSA) is 90.7 Å². The summed E-state index contributed by atoms with van der Waals surface area (Å²) in [5, 5.41) is 0. The van der Waals surface area contributed by atoms with E-state index in [2.05, 4.69) is 15.0 Å². The first-order valence-electron chi connectivity index (χ1n) is 4.48. The number of aromatic nitrogens is 3. The van der Waals surface area contributed by atoms with Crippen molar-refractivity contribution in [3.8, 4) is 11.3 Å². The van der Waals surface area contributed by atoms with E-state index in [-0.39, 0.29) is 5.95 Å². The number of rotatable bonds is 1. The third kappa shape index (κ3) is 2.01. The van der Waals surface area contributed by atoms with Gasteiger partial charge in [0.05, 0.1) is 5.69 Å². The maximum Gasteiger partial charge on any atom is 0.222 e. The second kappa shape index (κ2) is 3.53. The van der Waals surface area contributed by atoms with Crippen LogP contribution in [0.4, 0.5) is 11.8 Å². The number of nitrogens with zero attached hydrogens (tertiary/aromatic N) is 3. The molecule has 15 heavy (non-hydrogen) atoms. The van der Waals surface area contributed by atoms with E-state index < -0.39 is 0 Å². The van der Waals surface area contributed by atoms with Gasteiger partial charge >= 0.3 is 0 Å². The largest absolute Gasteiger partial charge is 0.384 e. The van der Waals surface area contributed by atoms with Crippen molar-refractivity contribution >= 4 is 11.8 Å². The molecule has 0 saturated carbocycles. The second-order valence-corrected chi connectivity index (χ2v) is 3.22. The van der Waals surface area contributed by atoms with Crippen LogP contribution >= 0.6 is 0 Å². The van der Waals surface area contributed by atoms with Crippen LogP contribution in [0.2, 0.25) is 0 Å². The van der Waals surface area contributed by atoms with Crippen molar-refractivity contribution in [2.75, 3.05) is 11.5 Å². The van der Waals surface area contributed by atoms with Crippen LogP contribution in [-0.4, -0.2) is 15.0 Å². The fraction of sp³-hybridized carbons (Fsp3) is 0.100. The Hall–Kier alpha value is -2.17. The Balaban J connectivity index is 2.49. The van der Waals surface area contributed by atoms with Crippen molar-refractivity contribution in [2.45, 2.75) is 6.92 Å². The third-order valence-corrected chi connectivity index (χ3v) is 1.97. The zero-order chi connectivity index (χ0) is 10.8. The fourth-order valence-electron chi connectivity index (χ4n) is 1.25. The number of aryl methyl sites for hydroxylation is 1. The first-order chi connectivity index (χ1) is 7.15. The number of nitrogen functional groups attached to an aromatic ring is 2. The lowest BCUT2D eigenvalue weighted by molar-refractivity contribution is 1.17. The van der Waals surface area contributed by atoms with Gasteiger partial charge in [-0.25, -0.2) is 4.98 Å². The summed E-state index contributed by atoms with van der Waals surface area (Å²) in [6.45, 7) is 1.92. The van der Waals surface area contributed by atoms with Crippen LogP contribution in [0.25, 0.3) is 11.3 Å². The Labute approximate surface area is 87.2 Å². The molecule has 2 rings (SSSR count). The Morgan fingerprint density at radius 1 is 1.13 bits per heavy atom. The maximum atomic E-state index is 5.58. The van der Waals surface area contributed by atoms with Crippen LogP contribution in [0.3, 0.4) is 0 Å². The molecule has 2 heterocycles. The molecule has 0 aliphatic carbocycles. The van der Waals surface area contributed by atoms with Gasteiger partial charge in [0, 0.05) is 23.5 Å². The zero-order valence-electron chi connectivity index (χ0n) is 8.31. The Bertz CT molecular complexity index is 457. The van der Waals surface area contributed by atoms with Gasteiger partial charge in [-0.05, 0) is 19.1 Å². The highest BCUT2D eigenvalue weighted by molar-refractivity contribution is 5.62. The minimum absolute atomic E-state index is 0.172. The van der Waals surface area contributed by atoms with Gasteiger partial charge < -0.3 is 11.5 Å². The fourth-order valence-corrected chi connectivity index (χ4v) is 1.25. The van der Waals surface area contributed by atoms with Crippen LogP contribution in [0, 0.1) is 6.92 Å². The van der Waals surface area contributed by atoms with Crippen molar-refractivity contribution in [3.63, 3.8) is 0 Å². The molecule has 76 valence electrons. The highest BCUT2D eigenvalue weighted by Crippen LogP contribution is 2.18. The highest BCUT2D eigenvalue weighted by atomic mass is 15.0. The minimum Gasteiger partial charge on any atom is -0.384 e. The lowest BCUT2D eigenvalue weighted by Gasteiger charge is -2.02. The summed E-state index contributed by atoms with van der Waals surface area (Å²) in [6, 6.07) is 5.50. The quantitative estimate of drug-likeness (QED) is 0.718. The normalized spacial score (nSPS) is 10.2. The Morgan fingerprint density at radius 3 is 2.53 bits per heavy atom. The molecule has 2 aromatic heterocycles. The summed E-state index contributed by atoms with van der Waals surface area (Å²) in [7, 11) is 0. The van der Waals surface area contributed by atoms with Crippen LogP contribution < -0.4 is 11.5 Å². The summed E-state index contributed by atoms with van der Waals surface area (Å²) in [5.74, 6) is 0.531. The van der Waals surface area contributed by atoms with Crippen molar-refractivity contribution in [2.24, 2.45) is 0 Å². The number of anilines is 2. The molecule has 0 aliphatic heterocycles. The SMILES string of the molecule is Cc1ccc(-c2cc(N)nc(N)n2)cn1. The first kappa shape index (κ1) is 9.39. The molecule has 0 radical (unpaired) electrons. The molecule has 0 saturated heterocycles. The van der Waals surface area contributed by atoms with Crippen molar-refractivity contribution in [3.05, 3.63) is 30.1 Å². The summed E-state index contributed by atoms with van der Waals surface area (Å²) < 4.78 is 0. The maximum absolute atomic E-state index is 5.58. The van der Waals surface area contributed by atoms with Gasteiger partial charge in [0.1, 0.15) is 5.82 Å². The average molecular weight is 201 g/mol. The second-order valence-electron chi connectivity index (χ2n) is 3.22. The van der Waals surface area contributed by atoms with E-state index in [1.165, 1.54) is 0 Å². The zero-order valence-corrected chi connectivity index (χ0v) is 8.31. The summed E-state index contributed by atoms with van der Waals surface area (Å²) in [5.41, 5.74) is 13.6. The molecule has 2 aromatic rings. The van der Waals surface area contributed by atoms with Crippen LogP contribution in [0.1, 0.15) is 5.69 Å². The summed E-state index contributed by atoms with van der Waals surface area (Å²) in [4.78, 5) is 12.1. The monoisotopic (exact) mass is 201 g/mol. The lowest BCUT2D eigenvalue weighted by atomic mass is 10.2. The predicted molar refractivity (Wildman–Crippen MR) is 58.8 cm³/mol. The van der Waals surface area contributed by atoms with Gasteiger partial charge in [-0.15, -0.1) is 0 Å². The van der Waals surface area contributed by atoms with Gasteiger partial charge in [-0.3, -0.25) is 4.98 Å². The molecule has 0 amide bonds. The molecule has 0 atom stereocenters. The van der Waals surface area contributed by atoms with E-state index >= 15 is 0 Å². The van der Waals surface area contributed by atoms with Crippen molar-refractivity contribution < 1.29 is 0 Å². The van der Waals surface area contributed by atoms with Gasteiger partial charge in [-0.2, -0.15) is 4.98 Å². The standard InChI is InChI=1S/C10H11N5/c1-6-2-3-7(5-13-6)8-4-9(11)15-10(12)14-8/h2-5H,1H3,(H4,11,12,14,15). The predicted octanol–water partition coefficient (Wildman–Crippen LogP) is 1.01. The Kier molecular flexibility index (Phi) is 2.21. The van der Waals surface area contributed by atoms with Crippen LogP contribution in [-0.2, 0) is 0 Å². The number of pyridine rings is 1. The van der Waals surface area contributed by atoms with Crippen molar-refractivity contribution in [1.29, 1.82) is 0 Å². The minimum atomic E-state index is 0.172. The van der Waals surface area contributed by atoms with Gasteiger partial charge in [0.15, 0.2) is 0 Å². The lowest BCUT2D eigenvalue weighted by Crippen LogP contribution is -2.00. The molecule has 0 bridgehead atoms. The van der Waals surface area contributed by atoms with E-state index in [0.717, 1.165) is 11.3 Å². The molecule has 0 spiro atoms. The molecule has 0 aromatic carbocycles. The summed E-state index contributed by atoms with van der Waals surface area (Å²) in [6.07, 6.45) is 1.73. The summed E-state index contributed by atoms with van der Waals surface area (Å²) >= 11 is 0. The van der Waals surface area contributed by atoms with E-state index in [4.69, 9.17) is 11.5 Å². The number of nitrogens with two attached hydrogens (primary N) is 2. The van der Waals surface area contributed by atoms with Gasteiger partial charge in [0.2, 0.25) is 5.95 Å². The smallest absolute Gasteiger partial charge is 0.222 e. The van der Waals surface area contributed by atoms with E-state index in [1.807, 2.05) is 19.1 Å². The molecular weight excluding hydrogens is 190 g/mol. The van der Waals surface area contributed by atoms with Gasteiger partial charge in [0.25, 0.3) is 0 Å². The average Bonchev–Trinajstić information content (AvgIpc) is 2.17. The molecule has 4 N–H and O–H groups in total. The van der Waals surface area contributed by atoms with Gasteiger partial charge in [-0.1, -0.05) is 0 Å². The van der Waals surface area contributed by atoms with Crippen LogP contribution in [0.5, 0.6) is 0 Å². The molecule has 0 fully saturated rings. The Morgan fingerprint density at radius 2 is 1.93 bits per heavy atom. The van der Waals surface area contributed by atoms with E-state index in [0.29, 0.717) is 11.5 Å². The molecule has 0 aliphatic rings. The molecular formula is C10H11N5. The molecule has 0 unspecified atom stereocenters. The first-order valence-corrected chi connectivity index (χ1v) is 4.48. The van der Waals surface area contributed by atoms with Crippen molar-refractivity contribution in [1.82, 2.24) is 15.0 Å². The third-order valence-electron chi connectivity index (χ3n) is 1.97. The van der Waals surface area contributed by atoms with Crippen LogP contribution in [0.15, 0.2) is 24.4 Å². The highest BCUT2D eigenvalue weighted by Gasteiger charge is 2.02. The van der Waals surface area contributed by atoms with E-state index in [9.17, 15) is 0 Å². The number of hydrogen-bond donors (Lipinski definition) is 2. The molecule has 5 heteroatoms. The van der Waals surface area contributed by atoms with E-state index in [1.54, 1.807) is 12.3 Å².